The summed E-state index contributed by atoms with van der Waals surface area (Å²) >= 11 is 0. The number of aliphatic carboxylic acids is 1. The van der Waals surface area contributed by atoms with Gasteiger partial charge in [-0.1, -0.05) is 26.8 Å². The standard InChI is InChI=1S/C17H22FNO2/c1-17(2,3)12-9-10-19(11-12)15-6-4-5-14(18)13(15)7-8-16(20)21/h4-8,12H,9-11H2,1-3H3,(H,20,21)/b8-7+. The van der Waals surface area contributed by atoms with Crippen molar-refractivity contribution in [2.75, 3.05) is 18.0 Å². The third kappa shape index (κ3) is 3.63. The molecule has 1 aliphatic heterocycles. The third-order valence-electron chi connectivity index (χ3n) is 4.18. The maximum atomic E-state index is 14.0. The molecule has 1 aliphatic rings. The lowest BCUT2D eigenvalue weighted by Gasteiger charge is -2.28. The Kier molecular flexibility index (Phi) is 4.35. The van der Waals surface area contributed by atoms with Crippen molar-refractivity contribution in [1.29, 1.82) is 0 Å². The van der Waals surface area contributed by atoms with Gasteiger partial charge in [-0.05, 0) is 36.0 Å². The first-order chi connectivity index (χ1) is 9.79. The van der Waals surface area contributed by atoms with Gasteiger partial charge in [0.1, 0.15) is 5.82 Å². The van der Waals surface area contributed by atoms with Crippen LogP contribution in [-0.2, 0) is 4.79 Å². The zero-order valence-corrected chi connectivity index (χ0v) is 12.8. The highest BCUT2D eigenvalue weighted by Crippen LogP contribution is 2.37. The summed E-state index contributed by atoms with van der Waals surface area (Å²) < 4.78 is 14.0. The monoisotopic (exact) mass is 291 g/mol. The Morgan fingerprint density at radius 1 is 1.43 bits per heavy atom. The van der Waals surface area contributed by atoms with Gasteiger partial charge in [-0.25, -0.2) is 9.18 Å². The van der Waals surface area contributed by atoms with Gasteiger partial charge in [0.15, 0.2) is 0 Å². The van der Waals surface area contributed by atoms with Crippen LogP contribution in [0.3, 0.4) is 0 Å². The van der Waals surface area contributed by atoms with Crippen molar-refractivity contribution < 1.29 is 14.3 Å². The van der Waals surface area contributed by atoms with Gasteiger partial charge in [0.2, 0.25) is 0 Å². The van der Waals surface area contributed by atoms with Gasteiger partial charge in [0.25, 0.3) is 0 Å². The Morgan fingerprint density at radius 2 is 2.14 bits per heavy atom. The van der Waals surface area contributed by atoms with Crippen LogP contribution in [0.2, 0.25) is 0 Å². The summed E-state index contributed by atoms with van der Waals surface area (Å²) in [6, 6.07) is 4.89. The maximum absolute atomic E-state index is 14.0. The Labute approximate surface area is 125 Å². The Hall–Kier alpha value is -1.84. The van der Waals surface area contributed by atoms with Crippen molar-refractivity contribution in [3.63, 3.8) is 0 Å². The summed E-state index contributed by atoms with van der Waals surface area (Å²) in [6.07, 6.45) is 3.40. The minimum Gasteiger partial charge on any atom is -0.478 e. The SMILES string of the molecule is CC(C)(C)C1CCN(c2cccc(F)c2/C=C/C(=O)O)C1. The molecule has 1 atom stereocenters. The number of hydrogen-bond acceptors (Lipinski definition) is 2. The molecule has 1 unspecified atom stereocenters. The first kappa shape index (κ1) is 15.5. The fourth-order valence-corrected chi connectivity index (χ4v) is 2.81. The molecule has 0 aromatic heterocycles. The number of carboxylic acids is 1. The second-order valence-corrected chi connectivity index (χ2v) is 6.64. The summed E-state index contributed by atoms with van der Waals surface area (Å²) in [5, 5.41) is 8.75. The molecule has 4 heteroatoms. The van der Waals surface area contributed by atoms with Crippen molar-refractivity contribution >= 4 is 17.7 Å². The van der Waals surface area contributed by atoms with Crippen LogP contribution in [-0.4, -0.2) is 24.2 Å². The summed E-state index contributed by atoms with van der Waals surface area (Å²) in [7, 11) is 0. The maximum Gasteiger partial charge on any atom is 0.328 e. The van der Waals surface area contributed by atoms with Gasteiger partial charge >= 0.3 is 5.97 Å². The van der Waals surface area contributed by atoms with Crippen LogP contribution < -0.4 is 4.90 Å². The van der Waals surface area contributed by atoms with E-state index < -0.39 is 5.97 Å². The van der Waals surface area contributed by atoms with Gasteiger partial charge in [-0.15, -0.1) is 0 Å². The predicted molar refractivity (Wildman–Crippen MR) is 82.8 cm³/mol. The number of halogens is 1. The minimum absolute atomic E-state index is 0.221. The molecule has 114 valence electrons. The molecule has 3 nitrogen and oxygen atoms in total. The van der Waals surface area contributed by atoms with Gasteiger partial charge in [-0.3, -0.25) is 0 Å². The Morgan fingerprint density at radius 3 is 2.71 bits per heavy atom. The molecule has 0 spiro atoms. The van der Waals surface area contributed by atoms with Crippen LogP contribution in [0.15, 0.2) is 24.3 Å². The molecular formula is C17H22FNO2. The van der Waals surface area contributed by atoms with E-state index in [1.807, 2.05) is 6.07 Å². The molecule has 1 saturated heterocycles. The molecule has 1 fully saturated rings. The van der Waals surface area contributed by atoms with E-state index >= 15 is 0 Å². The lowest BCUT2D eigenvalue weighted by Crippen LogP contribution is -2.26. The second-order valence-electron chi connectivity index (χ2n) is 6.64. The van der Waals surface area contributed by atoms with E-state index in [4.69, 9.17) is 5.11 Å². The van der Waals surface area contributed by atoms with E-state index in [0.29, 0.717) is 11.5 Å². The molecule has 0 radical (unpaired) electrons. The quantitative estimate of drug-likeness (QED) is 0.861. The topological polar surface area (TPSA) is 40.5 Å². The first-order valence-corrected chi connectivity index (χ1v) is 7.23. The average molecular weight is 291 g/mol. The van der Waals surface area contributed by atoms with E-state index in [2.05, 4.69) is 25.7 Å². The number of carbonyl (C=O) groups is 1. The summed E-state index contributed by atoms with van der Waals surface area (Å²) in [6.45, 7) is 8.41. The number of hydrogen-bond donors (Lipinski definition) is 1. The van der Waals surface area contributed by atoms with Crippen molar-refractivity contribution in [2.24, 2.45) is 11.3 Å². The zero-order chi connectivity index (χ0) is 15.6. The largest absolute Gasteiger partial charge is 0.478 e. The van der Waals surface area contributed by atoms with Crippen LogP contribution in [0.1, 0.15) is 32.8 Å². The molecule has 1 N–H and O–H groups in total. The van der Waals surface area contributed by atoms with Gasteiger partial charge in [0.05, 0.1) is 0 Å². The Balaban J connectivity index is 2.29. The van der Waals surface area contributed by atoms with Crippen LogP contribution in [0.25, 0.3) is 6.08 Å². The number of benzene rings is 1. The minimum atomic E-state index is -1.07. The molecule has 0 aliphatic carbocycles. The van der Waals surface area contributed by atoms with E-state index in [1.54, 1.807) is 6.07 Å². The molecule has 21 heavy (non-hydrogen) atoms. The van der Waals surface area contributed by atoms with Crippen LogP contribution in [0.5, 0.6) is 0 Å². The fourth-order valence-electron chi connectivity index (χ4n) is 2.81. The van der Waals surface area contributed by atoms with E-state index in [-0.39, 0.29) is 11.2 Å². The predicted octanol–water partition coefficient (Wildman–Crippen LogP) is 3.80. The number of rotatable bonds is 3. The van der Waals surface area contributed by atoms with Gasteiger partial charge in [0, 0.05) is 30.4 Å². The highest BCUT2D eigenvalue weighted by Gasteiger charge is 2.32. The molecule has 1 aromatic rings. The van der Waals surface area contributed by atoms with Crippen molar-refractivity contribution in [3.05, 3.63) is 35.7 Å². The summed E-state index contributed by atoms with van der Waals surface area (Å²) in [4.78, 5) is 12.8. The number of carboxylic acid groups (broad SMARTS) is 1. The average Bonchev–Trinajstić information content (AvgIpc) is 2.86. The zero-order valence-electron chi connectivity index (χ0n) is 12.8. The van der Waals surface area contributed by atoms with Crippen LogP contribution in [0.4, 0.5) is 10.1 Å². The molecule has 1 aromatic carbocycles. The molecular weight excluding hydrogens is 269 g/mol. The van der Waals surface area contributed by atoms with Crippen LogP contribution >= 0.6 is 0 Å². The second kappa shape index (κ2) is 5.88. The Bertz CT molecular complexity index is 560. The smallest absolute Gasteiger partial charge is 0.328 e. The van der Waals surface area contributed by atoms with Crippen molar-refractivity contribution in [2.45, 2.75) is 27.2 Å². The molecule has 0 saturated carbocycles. The number of anilines is 1. The van der Waals surface area contributed by atoms with Crippen molar-refractivity contribution in [1.82, 2.24) is 0 Å². The highest BCUT2D eigenvalue weighted by atomic mass is 19.1. The molecule has 0 amide bonds. The normalized spacial score (nSPS) is 19.4. The fraction of sp³-hybridized carbons (Fsp3) is 0.471. The van der Waals surface area contributed by atoms with Crippen molar-refractivity contribution in [3.8, 4) is 0 Å². The first-order valence-electron chi connectivity index (χ1n) is 7.23. The lowest BCUT2D eigenvalue weighted by atomic mass is 9.80. The molecule has 0 bridgehead atoms. The van der Waals surface area contributed by atoms with Gasteiger partial charge < -0.3 is 10.0 Å². The van der Waals surface area contributed by atoms with Crippen LogP contribution in [0, 0.1) is 17.2 Å². The van der Waals surface area contributed by atoms with Gasteiger partial charge in [-0.2, -0.15) is 0 Å². The third-order valence-corrected chi connectivity index (χ3v) is 4.18. The van der Waals surface area contributed by atoms with E-state index in [0.717, 1.165) is 31.3 Å². The molecule has 1 heterocycles. The lowest BCUT2D eigenvalue weighted by molar-refractivity contribution is -0.131. The summed E-state index contributed by atoms with van der Waals surface area (Å²) in [5.74, 6) is -0.903. The van der Waals surface area contributed by atoms with E-state index in [1.165, 1.54) is 12.1 Å². The molecule has 2 rings (SSSR count). The summed E-state index contributed by atoms with van der Waals surface area (Å²) in [5.41, 5.74) is 1.35. The number of nitrogens with zero attached hydrogens (tertiary/aromatic N) is 1. The highest BCUT2D eigenvalue weighted by molar-refractivity contribution is 5.87. The van der Waals surface area contributed by atoms with E-state index in [9.17, 15) is 9.18 Å².